The van der Waals surface area contributed by atoms with E-state index in [1.165, 1.54) is 16.7 Å². The number of hydrogen-bond acceptors (Lipinski definition) is 6. The fourth-order valence-corrected chi connectivity index (χ4v) is 3.83. The van der Waals surface area contributed by atoms with Crippen LogP contribution in [0.4, 0.5) is 0 Å². The number of aliphatic carboxylic acids is 1. The number of thiocarbonyl (C=S) groups is 1. The van der Waals surface area contributed by atoms with Gasteiger partial charge in [-0.15, -0.1) is 0 Å². The van der Waals surface area contributed by atoms with E-state index in [9.17, 15) is 19.5 Å². The smallest absolute Gasteiger partial charge is 0.266 e. The van der Waals surface area contributed by atoms with Gasteiger partial charge in [-0.25, -0.2) is 0 Å². The van der Waals surface area contributed by atoms with Crippen LogP contribution in [0, 0.1) is 5.92 Å². The minimum absolute atomic E-state index is 0.0364. The van der Waals surface area contributed by atoms with Crippen LogP contribution in [0.25, 0.3) is 6.08 Å². The minimum atomic E-state index is -1.31. The Morgan fingerprint density at radius 1 is 1.33 bits per heavy atom. The Hall–Kier alpha value is -2.19. The predicted molar refractivity (Wildman–Crippen MR) is 107 cm³/mol. The third-order valence-corrected chi connectivity index (χ3v) is 5.69. The highest BCUT2D eigenvalue weighted by atomic mass is 32.2. The molecule has 2 atom stereocenters. The zero-order valence-electron chi connectivity index (χ0n) is 15.1. The first-order valence-corrected chi connectivity index (χ1v) is 9.86. The second kappa shape index (κ2) is 9.66. The number of nitrogens with one attached hydrogen (secondary N) is 1. The molecule has 1 saturated heterocycles. The topological polar surface area (TPSA) is 89.5 Å². The summed E-state index contributed by atoms with van der Waals surface area (Å²) < 4.78 is 0.383. The quantitative estimate of drug-likeness (QED) is 0.521. The first kappa shape index (κ1) is 21.1. The van der Waals surface area contributed by atoms with Crippen LogP contribution >= 0.6 is 24.0 Å². The van der Waals surface area contributed by atoms with E-state index in [0.29, 0.717) is 15.6 Å². The maximum Gasteiger partial charge on any atom is 0.266 e. The van der Waals surface area contributed by atoms with Crippen LogP contribution in [0.3, 0.4) is 0 Å². The first-order chi connectivity index (χ1) is 12.8. The number of nitrogens with zero attached hydrogens (tertiary/aromatic N) is 1. The van der Waals surface area contributed by atoms with Crippen molar-refractivity contribution in [2.75, 3.05) is 6.54 Å². The van der Waals surface area contributed by atoms with Crippen LogP contribution in [0.15, 0.2) is 35.2 Å². The molecule has 1 aliphatic heterocycles. The van der Waals surface area contributed by atoms with Crippen LogP contribution in [0.1, 0.15) is 32.3 Å². The SMILES string of the molecule is CC[C@@H](C)[C@@H](NC(=O)CCN1C(=O)/C(=C\c2ccccc2)SC1=S)C(=O)[O-]. The number of amides is 2. The number of carboxylic acids is 1. The van der Waals surface area contributed by atoms with E-state index in [0.717, 1.165) is 5.56 Å². The zero-order valence-corrected chi connectivity index (χ0v) is 16.8. The number of carboxylic acid groups (broad SMARTS) is 1. The van der Waals surface area contributed by atoms with Crippen LogP contribution < -0.4 is 10.4 Å². The number of hydrogen-bond donors (Lipinski definition) is 1. The summed E-state index contributed by atoms with van der Waals surface area (Å²) in [4.78, 5) is 37.7. The summed E-state index contributed by atoms with van der Waals surface area (Å²) in [7, 11) is 0. The molecule has 0 saturated carbocycles. The van der Waals surface area contributed by atoms with Crippen LogP contribution in [0.2, 0.25) is 0 Å². The van der Waals surface area contributed by atoms with Gasteiger partial charge in [0, 0.05) is 13.0 Å². The summed E-state index contributed by atoms with van der Waals surface area (Å²) in [5.41, 5.74) is 0.890. The summed E-state index contributed by atoms with van der Waals surface area (Å²) in [6.45, 7) is 3.67. The molecule has 1 aromatic carbocycles. The molecule has 0 spiro atoms. The molecule has 27 heavy (non-hydrogen) atoms. The molecule has 1 N–H and O–H groups in total. The highest BCUT2D eigenvalue weighted by Gasteiger charge is 2.32. The Balaban J connectivity index is 1.96. The molecule has 1 aliphatic rings. The molecule has 0 aromatic heterocycles. The fraction of sp³-hybridized carbons (Fsp3) is 0.368. The van der Waals surface area contributed by atoms with E-state index in [4.69, 9.17) is 12.2 Å². The Kier molecular flexibility index (Phi) is 7.55. The van der Waals surface area contributed by atoms with Gasteiger partial charge in [0.15, 0.2) is 0 Å². The lowest BCUT2D eigenvalue weighted by Crippen LogP contribution is -2.51. The molecule has 144 valence electrons. The van der Waals surface area contributed by atoms with E-state index < -0.39 is 17.9 Å². The van der Waals surface area contributed by atoms with Gasteiger partial charge >= 0.3 is 0 Å². The number of rotatable bonds is 8. The molecular weight excluding hydrogens is 384 g/mol. The Morgan fingerprint density at radius 2 is 2.00 bits per heavy atom. The van der Waals surface area contributed by atoms with Crippen molar-refractivity contribution >= 4 is 52.2 Å². The van der Waals surface area contributed by atoms with Gasteiger partial charge in [-0.1, -0.05) is 74.6 Å². The fourth-order valence-electron chi connectivity index (χ4n) is 2.52. The summed E-state index contributed by atoms with van der Waals surface area (Å²) in [6.07, 6.45) is 2.32. The molecule has 0 aliphatic carbocycles. The molecule has 2 amide bonds. The maximum atomic E-state index is 12.5. The molecule has 1 fully saturated rings. The van der Waals surface area contributed by atoms with E-state index >= 15 is 0 Å². The van der Waals surface area contributed by atoms with Gasteiger partial charge in [-0.2, -0.15) is 0 Å². The summed E-state index contributed by atoms with van der Waals surface area (Å²) in [6, 6.07) is 8.36. The molecule has 0 bridgehead atoms. The number of carbonyl (C=O) groups is 3. The van der Waals surface area contributed by atoms with Gasteiger partial charge in [-0.05, 0) is 17.6 Å². The van der Waals surface area contributed by atoms with E-state index in [1.54, 1.807) is 13.0 Å². The van der Waals surface area contributed by atoms with Gasteiger partial charge in [0.25, 0.3) is 5.91 Å². The molecule has 1 heterocycles. The van der Waals surface area contributed by atoms with Crippen molar-refractivity contribution in [1.82, 2.24) is 10.2 Å². The molecule has 0 unspecified atom stereocenters. The lowest BCUT2D eigenvalue weighted by atomic mass is 9.99. The van der Waals surface area contributed by atoms with E-state index in [1.807, 2.05) is 37.3 Å². The van der Waals surface area contributed by atoms with Crippen molar-refractivity contribution in [3.8, 4) is 0 Å². The van der Waals surface area contributed by atoms with Crippen molar-refractivity contribution in [3.63, 3.8) is 0 Å². The minimum Gasteiger partial charge on any atom is -0.548 e. The number of carbonyl (C=O) groups excluding carboxylic acids is 3. The normalized spacial score (nSPS) is 17.9. The maximum absolute atomic E-state index is 12.5. The zero-order chi connectivity index (χ0) is 20.0. The van der Waals surface area contributed by atoms with E-state index in [2.05, 4.69) is 5.32 Å². The Labute approximate surface area is 168 Å². The van der Waals surface area contributed by atoms with Crippen molar-refractivity contribution in [2.24, 2.45) is 5.92 Å². The molecule has 8 heteroatoms. The third kappa shape index (κ3) is 5.64. The Morgan fingerprint density at radius 3 is 2.59 bits per heavy atom. The van der Waals surface area contributed by atoms with Crippen molar-refractivity contribution in [1.29, 1.82) is 0 Å². The average Bonchev–Trinajstić information content (AvgIpc) is 2.91. The summed E-state index contributed by atoms with van der Waals surface area (Å²) in [5.74, 6) is -2.26. The van der Waals surface area contributed by atoms with Crippen LogP contribution in [-0.2, 0) is 14.4 Å². The average molecular weight is 406 g/mol. The van der Waals surface area contributed by atoms with Gasteiger partial charge in [0.1, 0.15) is 4.32 Å². The predicted octanol–water partition coefficient (Wildman–Crippen LogP) is 1.56. The number of benzene rings is 1. The monoisotopic (exact) mass is 405 g/mol. The highest BCUT2D eigenvalue weighted by Crippen LogP contribution is 2.32. The van der Waals surface area contributed by atoms with Crippen LogP contribution in [0.5, 0.6) is 0 Å². The van der Waals surface area contributed by atoms with Gasteiger partial charge in [0.2, 0.25) is 5.91 Å². The van der Waals surface area contributed by atoms with Gasteiger partial charge in [0.05, 0.1) is 16.9 Å². The van der Waals surface area contributed by atoms with Gasteiger partial charge in [-0.3, -0.25) is 14.5 Å². The summed E-state index contributed by atoms with van der Waals surface area (Å²) >= 11 is 6.43. The summed E-state index contributed by atoms with van der Waals surface area (Å²) in [5, 5.41) is 13.7. The molecule has 0 radical (unpaired) electrons. The highest BCUT2D eigenvalue weighted by molar-refractivity contribution is 8.26. The van der Waals surface area contributed by atoms with Gasteiger partial charge < -0.3 is 15.2 Å². The first-order valence-electron chi connectivity index (χ1n) is 8.64. The van der Waals surface area contributed by atoms with Crippen molar-refractivity contribution in [3.05, 3.63) is 40.8 Å². The lowest BCUT2D eigenvalue weighted by Gasteiger charge is -2.25. The largest absolute Gasteiger partial charge is 0.548 e. The third-order valence-electron chi connectivity index (χ3n) is 4.32. The second-order valence-corrected chi connectivity index (χ2v) is 7.92. The lowest BCUT2D eigenvalue weighted by molar-refractivity contribution is -0.309. The van der Waals surface area contributed by atoms with E-state index in [-0.39, 0.29) is 24.8 Å². The van der Waals surface area contributed by atoms with Crippen molar-refractivity contribution in [2.45, 2.75) is 32.7 Å². The second-order valence-electron chi connectivity index (χ2n) is 6.24. The molecule has 2 rings (SSSR count). The molecule has 6 nitrogen and oxygen atoms in total. The van der Waals surface area contributed by atoms with Crippen LogP contribution in [-0.4, -0.2) is 39.6 Å². The number of thioether (sulfide) groups is 1. The standard InChI is InChI=1S/C19H22N2O4S2/c1-3-12(2)16(18(24)25)20-15(22)9-10-21-17(23)14(27-19(21)26)11-13-7-5-4-6-8-13/h4-8,11-12,16H,3,9-10H2,1-2H3,(H,20,22)(H,24,25)/p-1/b14-11+/t12-,16-/m1/s1. The Bertz CT molecular complexity index is 764. The molecule has 1 aromatic rings. The molecular formula is C19H21N2O4S2-. The van der Waals surface area contributed by atoms with Crippen molar-refractivity contribution < 1.29 is 19.5 Å².